The van der Waals surface area contributed by atoms with Crippen molar-refractivity contribution in [3.8, 4) is 5.69 Å². The largest absolute Gasteiger partial charge is 0.477 e. The van der Waals surface area contributed by atoms with E-state index in [0.29, 0.717) is 12.2 Å². The van der Waals surface area contributed by atoms with Crippen molar-refractivity contribution in [1.29, 1.82) is 0 Å². The van der Waals surface area contributed by atoms with Crippen molar-refractivity contribution >= 4 is 22.1 Å². The number of carboxylic acids is 2. The number of rotatable bonds is 7. The molecular weight excluding hydrogens is 354 g/mol. The van der Waals surface area contributed by atoms with Crippen molar-refractivity contribution in [2.24, 2.45) is 0 Å². The van der Waals surface area contributed by atoms with E-state index in [-0.39, 0.29) is 12.2 Å². The number of aromatic nitrogens is 3. The topological polar surface area (TPSA) is 151 Å². The van der Waals surface area contributed by atoms with Crippen molar-refractivity contribution in [3.63, 3.8) is 0 Å². The number of carboxylic acid groups (broad SMARTS) is 2. The number of nitrogens with zero attached hydrogens (tertiary/aromatic N) is 3. The Morgan fingerprint density at radius 3 is 2.24 bits per heavy atom. The Balaban J connectivity index is 2.34. The summed E-state index contributed by atoms with van der Waals surface area (Å²) >= 11 is 0. The quantitative estimate of drug-likeness (QED) is 0.460. The molecule has 3 N–H and O–H groups in total. The normalized spacial score (nSPS) is 11.4. The lowest BCUT2D eigenvalue weighted by Crippen LogP contribution is -2.29. The lowest BCUT2D eigenvalue weighted by atomic mass is 10.2. The number of aromatic carboxylic acids is 2. The van der Waals surface area contributed by atoms with E-state index in [0.717, 1.165) is 5.69 Å². The van der Waals surface area contributed by atoms with Crippen LogP contribution < -0.4 is 4.57 Å². The minimum absolute atomic E-state index is 0.186. The minimum Gasteiger partial charge on any atom is -0.477 e. The first-order chi connectivity index (χ1) is 11.6. The molecule has 0 aliphatic rings. The molecule has 0 atom stereocenters. The first-order valence-electron chi connectivity index (χ1n) is 7.09. The zero-order valence-corrected chi connectivity index (χ0v) is 14.0. The van der Waals surface area contributed by atoms with Gasteiger partial charge in [-0.25, -0.2) is 23.7 Å². The number of pyridine rings is 1. The van der Waals surface area contributed by atoms with E-state index in [1.807, 2.05) is 0 Å². The molecule has 11 heteroatoms. The van der Waals surface area contributed by atoms with Crippen LogP contribution in [0, 0.1) is 6.92 Å². The van der Waals surface area contributed by atoms with Crippen molar-refractivity contribution in [3.05, 3.63) is 41.7 Å². The van der Waals surface area contributed by atoms with Crippen molar-refractivity contribution in [1.82, 2.24) is 9.55 Å². The second kappa shape index (κ2) is 6.99. The maximum absolute atomic E-state index is 11.1. The van der Waals surface area contributed by atoms with Gasteiger partial charge in [0.15, 0.2) is 11.4 Å². The Morgan fingerprint density at radius 1 is 1.20 bits per heavy atom. The molecule has 0 aromatic carbocycles. The van der Waals surface area contributed by atoms with Gasteiger partial charge in [0.25, 0.3) is 10.1 Å². The monoisotopic (exact) mass is 370 g/mol. The predicted molar refractivity (Wildman–Crippen MR) is 83.4 cm³/mol. The fourth-order valence-corrected chi connectivity index (χ4v) is 2.72. The fraction of sp³-hybridized carbons (Fsp3) is 0.286. The second-order valence-corrected chi connectivity index (χ2v) is 6.90. The van der Waals surface area contributed by atoms with E-state index in [9.17, 15) is 18.0 Å². The Morgan fingerprint density at radius 2 is 1.76 bits per heavy atom. The maximum atomic E-state index is 11.1. The summed E-state index contributed by atoms with van der Waals surface area (Å²) < 4.78 is 33.5. The maximum Gasteiger partial charge on any atom is 0.354 e. The first kappa shape index (κ1) is 18.5. The van der Waals surface area contributed by atoms with Gasteiger partial charge in [-0.15, -0.1) is 0 Å². The highest BCUT2D eigenvalue weighted by molar-refractivity contribution is 7.85. The van der Waals surface area contributed by atoms with Crippen LogP contribution in [0.1, 0.15) is 33.1 Å². The molecule has 2 aromatic heterocycles. The Bertz CT molecular complexity index is 902. The van der Waals surface area contributed by atoms with Crippen LogP contribution in [0.15, 0.2) is 24.7 Å². The summed E-state index contributed by atoms with van der Waals surface area (Å²) in [6.45, 7) is 2.06. The fourth-order valence-electron chi connectivity index (χ4n) is 2.23. The van der Waals surface area contributed by atoms with E-state index >= 15 is 0 Å². The van der Waals surface area contributed by atoms with E-state index in [1.165, 1.54) is 16.7 Å². The molecule has 2 rings (SSSR count). The van der Waals surface area contributed by atoms with Gasteiger partial charge in [-0.05, 0) is 0 Å². The van der Waals surface area contributed by atoms with Crippen molar-refractivity contribution in [2.45, 2.75) is 19.9 Å². The highest BCUT2D eigenvalue weighted by atomic mass is 32.2. The first-order valence-corrected chi connectivity index (χ1v) is 8.70. The van der Waals surface area contributed by atoms with Gasteiger partial charge >= 0.3 is 11.9 Å². The lowest BCUT2D eigenvalue weighted by molar-refractivity contribution is -0.595. The third-order valence-electron chi connectivity index (χ3n) is 3.39. The smallest absolute Gasteiger partial charge is 0.354 e. The molecule has 0 bridgehead atoms. The van der Waals surface area contributed by atoms with Crippen LogP contribution in [-0.2, 0) is 16.7 Å². The molecule has 0 saturated heterocycles. The molecule has 0 aliphatic carbocycles. The van der Waals surface area contributed by atoms with Crippen LogP contribution >= 0.6 is 0 Å². The predicted octanol–water partition coefficient (Wildman–Crippen LogP) is 0.143. The van der Waals surface area contributed by atoms with Gasteiger partial charge < -0.3 is 10.2 Å². The highest BCUT2D eigenvalue weighted by Crippen LogP contribution is 2.09. The summed E-state index contributed by atoms with van der Waals surface area (Å²) in [4.78, 5) is 25.8. The second-order valence-electron chi connectivity index (χ2n) is 5.33. The number of aryl methyl sites for hydroxylation is 2. The zero-order valence-electron chi connectivity index (χ0n) is 13.2. The molecule has 0 unspecified atom stereocenters. The van der Waals surface area contributed by atoms with Gasteiger partial charge in [0.2, 0.25) is 6.33 Å². The lowest BCUT2D eigenvalue weighted by Gasteiger charge is -2.01. The summed E-state index contributed by atoms with van der Waals surface area (Å²) in [7, 11) is -4.04. The molecule has 25 heavy (non-hydrogen) atoms. The van der Waals surface area contributed by atoms with Gasteiger partial charge in [-0.2, -0.15) is 8.42 Å². The highest BCUT2D eigenvalue weighted by Gasteiger charge is 2.19. The van der Waals surface area contributed by atoms with Crippen LogP contribution in [0.25, 0.3) is 5.69 Å². The Hall–Kier alpha value is -2.79. The molecule has 10 nitrogen and oxygen atoms in total. The third-order valence-corrected chi connectivity index (χ3v) is 4.20. The number of hydrogen-bond acceptors (Lipinski definition) is 5. The summed E-state index contributed by atoms with van der Waals surface area (Å²) in [5.74, 6) is -3.09. The SMILES string of the molecule is Cc1c[n+](-c2cc(C(=O)O)nc(C(=O)O)c2)cn1CCCS(=O)(=O)O. The molecule has 0 amide bonds. The Kier molecular flexibility index (Phi) is 5.18. The number of carbonyl (C=O) groups is 2. The number of hydrogen-bond donors (Lipinski definition) is 3. The van der Waals surface area contributed by atoms with Gasteiger partial charge in [-0.3, -0.25) is 4.55 Å². The number of imidazole rings is 1. The van der Waals surface area contributed by atoms with Crippen molar-refractivity contribution in [2.75, 3.05) is 5.75 Å². The van der Waals surface area contributed by atoms with Gasteiger partial charge in [0, 0.05) is 25.5 Å². The Labute approximate surface area is 142 Å². The molecule has 134 valence electrons. The average molecular weight is 370 g/mol. The van der Waals surface area contributed by atoms with E-state index in [4.69, 9.17) is 14.8 Å². The minimum atomic E-state index is -4.04. The van der Waals surface area contributed by atoms with Crippen LogP contribution in [-0.4, -0.2) is 50.4 Å². The average Bonchev–Trinajstić information content (AvgIpc) is 2.86. The van der Waals surface area contributed by atoms with Crippen LogP contribution in [0.2, 0.25) is 0 Å². The van der Waals surface area contributed by atoms with E-state index < -0.39 is 33.4 Å². The summed E-state index contributed by atoms with van der Waals surface area (Å²) in [5, 5.41) is 18.1. The van der Waals surface area contributed by atoms with E-state index in [2.05, 4.69) is 4.98 Å². The standard InChI is InChI=1S/C14H15N3O7S/c1-9-7-17(8-16(9)3-2-4-25(22,23)24)10-5-11(13(18)19)15-12(6-10)14(20)21/h5-8H,2-4H2,1H3,(H2-,18,19,20,21,22,23,24)/p+1. The van der Waals surface area contributed by atoms with Crippen LogP contribution in [0.3, 0.4) is 0 Å². The van der Waals surface area contributed by atoms with Crippen molar-refractivity contribution < 1.29 is 37.3 Å². The molecule has 0 spiro atoms. The van der Waals surface area contributed by atoms with Crippen LogP contribution in [0.5, 0.6) is 0 Å². The van der Waals surface area contributed by atoms with E-state index in [1.54, 1.807) is 24.0 Å². The summed E-state index contributed by atoms with van der Waals surface area (Å²) in [6.07, 6.45) is 3.40. The summed E-state index contributed by atoms with van der Waals surface area (Å²) in [5.41, 5.74) is 0.223. The third kappa shape index (κ3) is 4.84. The van der Waals surface area contributed by atoms with Gasteiger partial charge in [0.1, 0.15) is 17.6 Å². The molecule has 2 aromatic rings. The molecular formula is C14H16N3O7S+. The van der Waals surface area contributed by atoms with Crippen LogP contribution in [0.4, 0.5) is 0 Å². The molecule has 2 heterocycles. The summed E-state index contributed by atoms with van der Waals surface area (Å²) in [6, 6.07) is 2.47. The molecule has 0 fully saturated rings. The van der Waals surface area contributed by atoms with Gasteiger partial charge in [0.05, 0.1) is 12.3 Å². The molecule has 0 saturated carbocycles. The zero-order chi connectivity index (χ0) is 18.8. The molecule has 0 aliphatic heterocycles. The molecule has 0 radical (unpaired) electrons. The van der Waals surface area contributed by atoms with Gasteiger partial charge in [-0.1, -0.05) is 0 Å².